The molecule has 2 atom stereocenters. The quantitative estimate of drug-likeness (QED) is 0.866. The first-order valence-corrected chi connectivity index (χ1v) is 7.40. The van der Waals surface area contributed by atoms with Crippen molar-refractivity contribution in [2.75, 3.05) is 11.6 Å². The lowest BCUT2D eigenvalue weighted by Crippen LogP contribution is -2.29. The summed E-state index contributed by atoms with van der Waals surface area (Å²) < 4.78 is 0. The van der Waals surface area contributed by atoms with Crippen molar-refractivity contribution in [2.45, 2.75) is 37.0 Å². The van der Waals surface area contributed by atoms with Crippen LogP contribution in [0, 0.1) is 0 Å². The van der Waals surface area contributed by atoms with E-state index in [2.05, 4.69) is 21.8 Å². The Kier molecular flexibility index (Phi) is 4.41. The normalized spacial score (nSPS) is 23.6. The molecule has 0 aliphatic heterocycles. The second-order valence-corrected chi connectivity index (χ2v) is 5.67. The molecule has 0 bridgehead atoms. The van der Waals surface area contributed by atoms with Gasteiger partial charge >= 0.3 is 0 Å². The number of primary amides is 1. The van der Waals surface area contributed by atoms with E-state index in [0.717, 1.165) is 18.1 Å². The van der Waals surface area contributed by atoms with Gasteiger partial charge in [-0.3, -0.25) is 4.79 Å². The minimum atomic E-state index is -0.547. The van der Waals surface area contributed by atoms with Crippen molar-refractivity contribution in [1.29, 1.82) is 0 Å². The SMILES string of the molecule is CSC1CCCC(Nc2ccc(C(N)=O)nn2)C1. The fourth-order valence-electron chi connectivity index (χ4n) is 2.24. The molecule has 6 heteroatoms. The van der Waals surface area contributed by atoms with Crippen LogP contribution in [-0.4, -0.2) is 33.7 Å². The lowest BCUT2D eigenvalue weighted by atomic mass is 9.95. The maximum absolute atomic E-state index is 10.9. The Balaban J connectivity index is 1.94. The summed E-state index contributed by atoms with van der Waals surface area (Å²) in [6.45, 7) is 0. The van der Waals surface area contributed by atoms with Gasteiger partial charge in [0.2, 0.25) is 0 Å². The minimum absolute atomic E-state index is 0.200. The van der Waals surface area contributed by atoms with Gasteiger partial charge < -0.3 is 11.1 Å². The van der Waals surface area contributed by atoms with Crippen molar-refractivity contribution in [1.82, 2.24) is 10.2 Å². The van der Waals surface area contributed by atoms with Crippen LogP contribution in [0.15, 0.2) is 12.1 Å². The molecule has 0 aromatic carbocycles. The fourth-order valence-corrected chi connectivity index (χ4v) is 3.07. The van der Waals surface area contributed by atoms with E-state index < -0.39 is 5.91 Å². The van der Waals surface area contributed by atoms with Crippen molar-refractivity contribution in [3.05, 3.63) is 17.8 Å². The average Bonchev–Trinajstić information content (AvgIpc) is 2.39. The number of rotatable bonds is 4. The van der Waals surface area contributed by atoms with Crippen LogP contribution in [0.4, 0.5) is 5.82 Å². The Morgan fingerprint density at radius 3 is 2.89 bits per heavy atom. The molecule has 18 heavy (non-hydrogen) atoms. The highest BCUT2D eigenvalue weighted by Gasteiger charge is 2.21. The second kappa shape index (κ2) is 6.04. The van der Waals surface area contributed by atoms with Crippen LogP contribution in [0.1, 0.15) is 36.2 Å². The number of carbonyl (C=O) groups is 1. The molecule has 3 N–H and O–H groups in total. The molecule has 1 aromatic rings. The lowest BCUT2D eigenvalue weighted by Gasteiger charge is -2.28. The van der Waals surface area contributed by atoms with E-state index in [1.54, 1.807) is 12.1 Å². The Morgan fingerprint density at radius 2 is 2.28 bits per heavy atom. The monoisotopic (exact) mass is 266 g/mol. The zero-order valence-electron chi connectivity index (χ0n) is 10.4. The number of anilines is 1. The molecule has 1 aliphatic rings. The van der Waals surface area contributed by atoms with Crippen LogP contribution in [-0.2, 0) is 0 Å². The molecule has 2 rings (SSSR count). The molecular weight excluding hydrogens is 248 g/mol. The first-order chi connectivity index (χ1) is 8.69. The number of aromatic nitrogens is 2. The molecule has 0 saturated heterocycles. The number of amides is 1. The third-order valence-corrected chi connectivity index (χ3v) is 4.32. The van der Waals surface area contributed by atoms with Gasteiger partial charge in [0.05, 0.1) is 0 Å². The van der Waals surface area contributed by atoms with E-state index in [9.17, 15) is 4.79 Å². The fraction of sp³-hybridized carbons (Fsp3) is 0.583. The molecule has 1 aromatic heterocycles. The zero-order chi connectivity index (χ0) is 13.0. The van der Waals surface area contributed by atoms with Gasteiger partial charge in [0.25, 0.3) is 5.91 Å². The summed E-state index contributed by atoms with van der Waals surface area (Å²) >= 11 is 1.93. The molecule has 98 valence electrons. The highest BCUT2D eigenvalue weighted by molar-refractivity contribution is 7.99. The first kappa shape index (κ1) is 13.1. The first-order valence-electron chi connectivity index (χ1n) is 6.12. The largest absolute Gasteiger partial charge is 0.366 e. The summed E-state index contributed by atoms with van der Waals surface area (Å²) in [4.78, 5) is 10.9. The third kappa shape index (κ3) is 3.35. The topological polar surface area (TPSA) is 80.9 Å². The molecule has 0 radical (unpaired) electrons. The second-order valence-electron chi connectivity index (χ2n) is 4.53. The van der Waals surface area contributed by atoms with Crippen molar-refractivity contribution in [3.63, 3.8) is 0 Å². The predicted octanol–water partition coefficient (Wildman–Crippen LogP) is 1.66. The number of hydrogen-bond acceptors (Lipinski definition) is 5. The Hall–Kier alpha value is -1.30. The lowest BCUT2D eigenvalue weighted by molar-refractivity contribution is 0.0994. The van der Waals surface area contributed by atoms with Gasteiger partial charge in [-0.25, -0.2) is 0 Å². The van der Waals surface area contributed by atoms with Crippen LogP contribution < -0.4 is 11.1 Å². The van der Waals surface area contributed by atoms with E-state index >= 15 is 0 Å². The van der Waals surface area contributed by atoms with Gasteiger partial charge in [-0.15, -0.1) is 10.2 Å². The van der Waals surface area contributed by atoms with Gasteiger partial charge in [-0.2, -0.15) is 11.8 Å². The van der Waals surface area contributed by atoms with E-state index in [0.29, 0.717) is 11.9 Å². The molecule has 1 saturated carbocycles. The molecular formula is C12H18N4OS. The van der Waals surface area contributed by atoms with E-state index in [1.807, 2.05) is 11.8 Å². The summed E-state index contributed by atoms with van der Waals surface area (Å²) in [5.41, 5.74) is 5.32. The van der Waals surface area contributed by atoms with Crippen molar-refractivity contribution in [2.24, 2.45) is 5.73 Å². The van der Waals surface area contributed by atoms with E-state index in [4.69, 9.17) is 5.73 Å². The molecule has 1 aliphatic carbocycles. The summed E-state index contributed by atoms with van der Waals surface area (Å²) in [6, 6.07) is 3.81. The van der Waals surface area contributed by atoms with Crippen LogP contribution in [0.25, 0.3) is 0 Å². The van der Waals surface area contributed by atoms with Gasteiger partial charge in [0.1, 0.15) is 5.82 Å². The summed E-state index contributed by atoms with van der Waals surface area (Å²) in [6.07, 6.45) is 7.02. The van der Waals surface area contributed by atoms with E-state index in [1.165, 1.54) is 12.8 Å². The van der Waals surface area contributed by atoms with Gasteiger partial charge in [-0.05, 0) is 37.7 Å². The van der Waals surface area contributed by atoms with Crippen molar-refractivity contribution in [3.8, 4) is 0 Å². The Labute approximate surface area is 111 Å². The number of nitrogens with one attached hydrogen (secondary N) is 1. The smallest absolute Gasteiger partial charge is 0.269 e. The molecule has 2 unspecified atom stereocenters. The van der Waals surface area contributed by atoms with Crippen molar-refractivity contribution < 1.29 is 4.79 Å². The minimum Gasteiger partial charge on any atom is -0.366 e. The zero-order valence-corrected chi connectivity index (χ0v) is 11.2. The number of thioether (sulfide) groups is 1. The van der Waals surface area contributed by atoms with Crippen LogP contribution in [0.5, 0.6) is 0 Å². The average molecular weight is 266 g/mol. The maximum atomic E-state index is 10.9. The molecule has 1 amide bonds. The number of carbonyl (C=O) groups excluding carboxylic acids is 1. The van der Waals surface area contributed by atoms with Gasteiger partial charge in [0, 0.05) is 11.3 Å². The molecule has 0 spiro atoms. The maximum Gasteiger partial charge on any atom is 0.269 e. The molecule has 5 nitrogen and oxygen atoms in total. The van der Waals surface area contributed by atoms with E-state index in [-0.39, 0.29) is 5.69 Å². The van der Waals surface area contributed by atoms with Crippen LogP contribution >= 0.6 is 11.8 Å². The Morgan fingerprint density at radius 1 is 1.44 bits per heavy atom. The highest BCUT2D eigenvalue weighted by atomic mass is 32.2. The molecule has 1 heterocycles. The number of hydrogen-bond donors (Lipinski definition) is 2. The summed E-state index contributed by atoms with van der Waals surface area (Å²) in [7, 11) is 0. The number of nitrogens with zero attached hydrogens (tertiary/aromatic N) is 2. The molecule has 1 fully saturated rings. The predicted molar refractivity (Wildman–Crippen MR) is 73.7 cm³/mol. The van der Waals surface area contributed by atoms with Crippen LogP contribution in [0.3, 0.4) is 0 Å². The van der Waals surface area contributed by atoms with Gasteiger partial charge in [0.15, 0.2) is 5.69 Å². The summed E-state index contributed by atoms with van der Waals surface area (Å²) in [5.74, 6) is 0.168. The standard InChI is InChI=1S/C12H18N4OS/c1-18-9-4-2-3-8(7-9)14-11-6-5-10(12(13)17)15-16-11/h5-6,8-9H,2-4,7H2,1H3,(H2,13,17)(H,14,16). The van der Waals surface area contributed by atoms with Crippen LogP contribution in [0.2, 0.25) is 0 Å². The van der Waals surface area contributed by atoms with Crippen molar-refractivity contribution >= 4 is 23.5 Å². The summed E-state index contributed by atoms with van der Waals surface area (Å²) in [5, 5.41) is 11.9. The number of nitrogens with two attached hydrogens (primary N) is 1. The van der Waals surface area contributed by atoms with Gasteiger partial charge in [-0.1, -0.05) is 6.42 Å². The highest BCUT2D eigenvalue weighted by Crippen LogP contribution is 2.28. The third-order valence-electron chi connectivity index (χ3n) is 3.23. The Bertz CT molecular complexity index is 409.